The molecule has 1 aliphatic heterocycles. The van der Waals surface area contributed by atoms with Crippen molar-refractivity contribution in [2.45, 2.75) is 12.5 Å². The number of ether oxygens (including phenoxy) is 1. The SMILES string of the molecule is CN1CCC(Oc2ccc(/N=N/C=c3/[nH]c(=O)/c(=C/c4c[nH]c5ncncc45)s3)c(Cl)c2)C1. The number of nitrogens with zero attached hydrogens (tertiary/aromatic N) is 5. The van der Waals surface area contributed by atoms with E-state index in [1.807, 2.05) is 6.07 Å². The Labute approximate surface area is 197 Å². The highest BCUT2D eigenvalue weighted by molar-refractivity contribution is 7.07. The summed E-state index contributed by atoms with van der Waals surface area (Å²) in [6.07, 6.45) is 9.43. The van der Waals surface area contributed by atoms with Crippen LogP contribution in [0.1, 0.15) is 12.0 Å². The molecule has 0 amide bonds. The Morgan fingerprint density at radius 1 is 1.39 bits per heavy atom. The molecule has 0 bridgehead atoms. The second kappa shape index (κ2) is 9.26. The lowest BCUT2D eigenvalue weighted by atomic mass is 10.2. The second-order valence-electron chi connectivity index (χ2n) is 7.71. The third kappa shape index (κ3) is 4.87. The summed E-state index contributed by atoms with van der Waals surface area (Å²) < 4.78 is 7.10. The zero-order valence-corrected chi connectivity index (χ0v) is 19.2. The van der Waals surface area contributed by atoms with Gasteiger partial charge in [0.05, 0.1) is 15.8 Å². The summed E-state index contributed by atoms with van der Waals surface area (Å²) in [5, 5.41) is 9.55. The van der Waals surface area contributed by atoms with E-state index in [1.165, 1.54) is 23.9 Å². The van der Waals surface area contributed by atoms with Crippen molar-refractivity contribution >= 4 is 51.9 Å². The van der Waals surface area contributed by atoms with E-state index in [0.717, 1.165) is 30.5 Å². The molecule has 1 aliphatic rings. The third-order valence-electron chi connectivity index (χ3n) is 5.27. The van der Waals surface area contributed by atoms with Gasteiger partial charge in [-0.1, -0.05) is 11.6 Å². The molecular formula is C22H20ClN7O2S. The van der Waals surface area contributed by atoms with Gasteiger partial charge in [0.1, 0.15) is 34.2 Å². The molecule has 1 fully saturated rings. The van der Waals surface area contributed by atoms with Crippen molar-refractivity contribution in [1.82, 2.24) is 24.8 Å². The van der Waals surface area contributed by atoms with E-state index in [1.54, 1.807) is 30.6 Å². The summed E-state index contributed by atoms with van der Waals surface area (Å²) >= 11 is 7.63. The highest BCUT2D eigenvalue weighted by Gasteiger charge is 2.21. The minimum atomic E-state index is -0.204. The van der Waals surface area contributed by atoms with E-state index in [2.05, 4.69) is 42.1 Å². The van der Waals surface area contributed by atoms with Gasteiger partial charge in [-0.25, -0.2) is 9.97 Å². The van der Waals surface area contributed by atoms with Crippen LogP contribution in [0.5, 0.6) is 5.75 Å². The van der Waals surface area contributed by atoms with Crippen LogP contribution >= 0.6 is 22.9 Å². The molecule has 2 N–H and O–H groups in total. The van der Waals surface area contributed by atoms with Gasteiger partial charge in [-0.05, 0) is 31.7 Å². The van der Waals surface area contributed by atoms with Gasteiger partial charge in [0.2, 0.25) is 0 Å². The van der Waals surface area contributed by atoms with E-state index in [9.17, 15) is 4.79 Å². The summed E-state index contributed by atoms with van der Waals surface area (Å²) in [7, 11) is 2.08. The molecule has 0 radical (unpaired) electrons. The van der Waals surface area contributed by atoms with Crippen LogP contribution in [0.25, 0.3) is 23.3 Å². The zero-order chi connectivity index (χ0) is 22.8. The number of aromatic nitrogens is 4. The number of nitrogens with one attached hydrogen (secondary N) is 2. The zero-order valence-electron chi connectivity index (χ0n) is 17.7. The number of hydrogen-bond acceptors (Lipinski definition) is 8. The van der Waals surface area contributed by atoms with Crippen LogP contribution in [-0.2, 0) is 0 Å². The minimum absolute atomic E-state index is 0.172. The Balaban J connectivity index is 1.33. The normalized spacial score (nSPS) is 18.2. The summed E-state index contributed by atoms with van der Waals surface area (Å²) in [6, 6.07) is 5.35. The van der Waals surface area contributed by atoms with Crippen molar-refractivity contribution in [3.8, 4) is 5.75 Å². The molecule has 5 rings (SSSR count). The Morgan fingerprint density at radius 2 is 2.30 bits per heavy atom. The standard InChI is InChI=1S/C22H20ClN7O2S/c1-30-5-4-15(11-30)32-14-2-3-18(17(23)7-14)29-27-10-20-28-22(31)19(33-20)6-13-8-25-21-16(13)9-24-12-26-21/h2-3,6-10,12,15H,4-5,11H2,1H3,(H,28,31)(H,24,25,26)/b19-6-,20-10-,29-27+. The van der Waals surface area contributed by atoms with Crippen LogP contribution in [0.3, 0.4) is 0 Å². The van der Waals surface area contributed by atoms with E-state index in [4.69, 9.17) is 16.3 Å². The molecular weight excluding hydrogens is 462 g/mol. The van der Waals surface area contributed by atoms with Crippen LogP contribution in [-0.4, -0.2) is 51.1 Å². The van der Waals surface area contributed by atoms with Crippen LogP contribution < -0.4 is 19.5 Å². The minimum Gasteiger partial charge on any atom is -0.489 e. The lowest BCUT2D eigenvalue weighted by Crippen LogP contribution is -2.21. The van der Waals surface area contributed by atoms with Crippen LogP contribution in [0.15, 0.2) is 51.9 Å². The first-order chi connectivity index (χ1) is 16.0. The van der Waals surface area contributed by atoms with Crippen molar-refractivity contribution in [2.24, 2.45) is 10.2 Å². The molecule has 0 spiro atoms. The van der Waals surface area contributed by atoms with Crippen LogP contribution in [0.2, 0.25) is 5.02 Å². The number of likely N-dealkylation sites (tertiary alicyclic amines) is 1. The fourth-order valence-corrected chi connectivity index (χ4v) is 4.65. The molecule has 0 saturated carbocycles. The molecule has 4 heterocycles. The molecule has 1 saturated heterocycles. The van der Waals surface area contributed by atoms with Gasteiger partial charge < -0.3 is 19.6 Å². The largest absolute Gasteiger partial charge is 0.489 e. The highest BCUT2D eigenvalue weighted by atomic mass is 35.5. The maximum atomic E-state index is 12.3. The van der Waals surface area contributed by atoms with Gasteiger partial charge in [-0.3, -0.25) is 4.79 Å². The number of fused-ring (bicyclic) bond motifs is 1. The van der Waals surface area contributed by atoms with E-state index >= 15 is 0 Å². The number of likely N-dealkylation sites (N-methyl/N-ethyl adjacent to an activating group) is 1. The maximum Gasteiger partial charge on any atom is 0.266 e. The monoisotopic (exact) mass is 481 g/mol. The summed E-state index contributed by atoms with van der Waals surface area (Å²) in [4.78, 5) is 28.6. The Hall–Kier alpha value is -3.34. The summed E-state index contributed by atoms with van der Waals surface area (Å²) in [6.45, 7) is 1.93. The number of rotatable bonds is 5. The Morgan fingerprint density at radius 3 is 3.12 bits per heavy atom. The molecule has 11 heteroatoms. The number of aromatic amines is 2. The molecule has 0 aliphatic carbocycles. The van der Waals surface area contributed by atoms with Gasteiger partial charge in [-0.2, -0.15) is 5.11 Å². The predicted molar refractivity (Wildman–Crippen MR) is 129 cm³/mol. The number of benzene rings is 1. The fourth-order valence-electron chi connectivity index (χ4n) is 3.63. The van der Waals surface area contributed by atoms with Crippen molar-refractivity contribution in [3.63, 3.8) is 0 Å². The average Bonchev–Trinajstić information content (AvgIpc) is 3.49. The molecule has 33 heavy (non-hydrogen) atoms. The summed E-state index contributed by atoms with van der Waals surface area (Å²) in [5.74, 6) is 0.716. The second-order valence-corrected chi connectivity index (χ2v) is 9.20. The number of halogens is 1. The smallest absolute Gasteiger partial charge is 0.266 e. The molecule has 3 aromatic heterocycles. The first-order valence-electron chi connectivity index (χ1n) is 10.3. The van der Waals surface area contributed by atoms with Crippen molar-refractivity contribution in [3.05, 3.63) is 67.1 Å². The highest BCUT2D eigenvalue weighted by Crippen LogP contribution is 2.30. The van der Waals surface area contributed by atoms with E-state index < -0.39 is 0 Å². The van der Waals surface area contributed by atoms with Crippen molar-refractivity contribution < 1.29 is 4.74 Å². The van der Waals surface area contributed by atoms with E-state index in [-0.39, 0.29) is 11.7 Å². The van der Waals surface area contributed by atoms with Gasteiger partial charge >= 0.3 is 0 Å². The van der Waals surface area contributed by atoms with Gasteiger partial charge in [0.15, 0.2) is 0 Å². The lowest BCUT2D eigenvalue weighted by molar-refractivity contribution is 0.208. The molecule has 1 aromatic carbocycles. The third-order valence-corrected chi connectivity index (χ3v) is 6.52. The molecule has 9 nitrogen and oxygen atoms in total. The molecule has 1 atom stereocenters. The van der Waals surface area contributed by atoms with Gasteiger partial charge in [0, 0.05) is 42.5 Å². The lowest BCUT2D eigenvalue weighted by Gasteiger charge is -2.14. The Bertz CT molecular complexity index is 1510. The Kier molecular flexibility index (Phi) is 6.03. The number of hydrogen-bond donors (Lipinski definition) is 2. The fraction of sp³-hybridized carbons (Fsp3) is 0.227. The molecule has 1 unspecified atom stereocenters. The number of H-pyrrole nitrogens is 2. The quantitative estimate of drug-likeness (QED) is 0.426. The van der Waals surface area contributed by atoms with Crippen molar-refractivity contribution in [2.75, 3.05) is 20.1 Å². The maximum absolute atomic E-state index is 12.3. The van der Waals surface area contributed by atoms with Crippen molar-refractivity contribution in [1.29, 1.82) is 0 Å². The van der Waals surface area contributed by atoms with Gasteiger partial charge in [0.25, 0.3) is 5.56 Å². The van der Waals surface area contributed by atoms with Crippen LogP contribution in [0, 0.1) is 0 Å². The average molecular weight is 482 g/mol. The molecule has 4 aromatic rings. The number of thiazole rings is 1. The topological polar surface area (TPSA) is 112 Å². The first-order valence-corrected chi connectivity index (χ1v) is 11.5. The van der Waals surface area contributed by atoms with Crippen LogP contribution in [0.4, 0.5) is 5.69 Å². The van der Waals surface area contributed by atoms with E-state index in [0.29, 0.717) is 31.3 Å². The first kappa shape index (κ1) is 21.5. The summed E-state index contributed by atoms with van der Waals surface area (Å²) in [5.41, 5.74) is 1.87. The predicted octanol–water partition coefficient (Wildman–Crippen LogP) is 2.79. The van der Waals surface area contributed by atoms with Gasteiger partial charge in [-0.15, -0.1) is 16.5 Å². The number of azo groups is 1. The molecule has 168 valence electrons.